The molecule has 0 amide bonds. The van der Waals surface area contributed by atoms with Crippen molar-refractivity contribution >= 4 is 28.6 Å². The van der Waals surface area contributed by atoms with Gasteiger partial charge < -0.3 is 18.9 Å². The first-order valence-electron chi connectivity index (χ1n) is 9.47. The molecular formula is C22H23NO6. The minimum Gasteiger partial charge on any atom is -0.465 e. The van der Waals surface area contributed by atoms with E-state index in [4.69, 9.17) is 13.9 Å². The summed E-state index contributed by atoms with van der Waals surface area (Å²) >= 11 is 0. The van der Waals surface area contributed by atoms with Crippen molar-refractivity contribution in [2.45, 2.75) is 26.7 Å². The van der Waals surface area contributed by atoms with Crippen molar-refractivity contribution in [3.63, 3.8) is 0 Å². The summed E-state index contributed by atoms with van der Waals surface area (Å²) < 4.78 is 15.5. The van der Waals surface area contributed by atoms with Crippen molar-refractivity contribution in [2.24, 2.45) is 5.92 Å². The number of carbonyl (C=O) groups excluding carboxylic acids is 3. The van der Waals surface area contributed by atoms with Crippen molar-refractivity contribution in [1.29, 1.82) is 0 Å². The Kier molecular flexibility index (Phi) is 6.16. The summed E-state index contributed by atoms with van der Waals surface area (Å²) in [5.74, 6) is -4.71. The molecule has 2 heterocycles. The Morgan fingerprint density at radius 3 is 2.21 bits per heavy atom. The van der Waals surface area contributed by atoms with Gasteiger partial charge in [-0.1, -0.05) is 18.2 Å². The summed E-state index contributed by atoms with van der Waals surface area (Å²) in [6.45, 7) is 5.25. The molecule has 29 heavy (non-hydrogen) atoms. The van der Waals surface area contributed by atoms with Gasteiger partial charge in [0.2, 0.25) is 5.78 Å². The summed E-state index contributed by atoms with van der Waals surface area (Å²) in [6, 6.07) is 10.6. The minimum absolute atomic E-state index is 0.0478. The van der Waals surface area contributed by atoms with Crippen LogP contribution in [0.25, 0.3) is 10.9 Å². The molecule has 0 spiro atoms. The van der Waals surface area contributed by atoms with Crippen LogP contribution in [0.15, 0.2) is 47.1 Å². The maximum atomic E-state index is 13.4. The maximum absolute atomic E-state index is 13.4. The number of benzene rings is 1. The van der Waals surface area contributed by atoms with Crippen LogP contribution >= 0.6 is 0 Å². The quantitative estimate of drug-likeness (QED) is 0.353. The maximum Gasteiger partial charge on any atom is 0.321 e. The Morgan fingerprint density at radius 2 is 1.66 bits per heavy atom. The largest absolute Gasteiger partial charge is 0.465 e. The van der Waals surface area contributed by atoms with E-state index in [1.807, 2.05) is 31.2 Å². The third kappa shape index (κ3) is 3.94. The zero-order valence-corrected chi connectivity index (χ0v) is 16.6. The number of H-pyrrole nitrogens is 1. The fourth-order valence-electron chi connectivity index (χ4n) is 3.47. The number of aryl methyl sites for hydroxylation is 1. The molecule has 7 heteroatoms. The van der Waals surface area contributed by atoms with Crippen molar-refractivity contribution in [2.75, 3.05) is 13.2 Å². The van der Waals surface area contributed by atoms with Gasteiger partial charge in [-0.3, -0.25) is 14.4 Å². The number of fused-ring (bicyclic) bond motifs is 1. The van der Waals surface area contributed by atoms with Crippen LogP contribution in [0, 0.1) is 12.8 Å². The van der Waals surface area contributed by atoms with Crippen LogP contribution in [0.2, 0.25) is 0 Å². The van der Waals surface area contributed by atoms with Gasteiger partial charge in [-0.05, 0) is 44.5 Å². The van der Waals surface area contributed by atoms with Gasteiger partial charge in [0.25, 0.3) is 0 Å². The topological polar surface area (TPSA) is 98.6 Å². The zero-order chi connectivity index (χ0) is 21.0. The summed E-state index contributed by atoms with van der Waals surface area (Å²) in [5.41, 5.74) is 2.02. The van der Waals surface area contributed by atoms with Crippen molar-refractivity contribution in [3.05, 3.63) is 59.7 Å². The van der Waals surface area contributed by atoms with Crippen molar-refractivity contribution < 1.29 is 28.3 Å². The van der Waals surface area contributed by atoms with E-state index in [-0.39, 0.29) is 19.0 Å². The SMILES string of the molecule is CCOC(=O)C(C(=O)OCC)C(C(=O)c1ccco1)c1[nH]c2ccccc2c1C. The number of rotatable bonds is 8. The fourth-order valence-corrected chi connectivity index (χ4v) is 3.47. The molecule has 0 saturated heterocycles. The van der Waals surface area contributed by atoms with Crippen LogP contribution in [0.5, 0.6) is 0 Å². The second-order valence-electron chi connectivity index (χ2n) is 6.51. The number of Topliss-reactive ketones (excluding diaryl/α,β-unsaturated/α-hetero) is 1. The highest BCUT2D eigenvalue weighted by Gasteiger charge is 2.45. The van der Waals surface area contributed by atoms with E-state index in [0.29, 0.717) is 5.69 Å². The molecule has 152 valence electrons. The van der Waals surface area contributed by atoms with E-state index in [1.165, 1.54) is 12.3 Å². The Hall–Kier alpha value is -3.35. The van der Waals surface area contributed by atoms with Gasteiger partial charge in [0.1, 0.15) is 0 Å². The van der Waals surface area contributed by atoms with Gasteiger partial charge in [-0.2, -0.15) is 0 Å². The predicted molar refractivity (Wildman–Crippen MR) is 106 cm³/mol. The first kappa shape index (κ1) is 20.4. The first-order valence-corrected chi connectivity index (χ1v) is 9.47. The van der Waals surface area contributed by atoms with Gasteiger partial charge in [0.15, 0.2) is 11.7 Å². The number of ketones is 1. The monoisotopic (exact) mass is 397 g/mol. The third-order valence-electron chi connectivity index (χ3n) is 4.78. The average molecular weight is 397 g/mol. The molecule has 0 saturated carbocycles. The van der Waals surface area contributed by atoms with E-state index >= 15 is 0 Å². The number of hydrogen-bond acceptors (Lipinski definition) is 6. The number of hydrogen-bond donors (Lipinski definition) is 1. The fraction of sp³-hybridized carbons (Fsp3) is 0.318. The lowest BCUT2D eigenvalue weighted by molar-refractivity contribution is -0.162. The standard InChI is InChI=1S/C22H23NO6/c1-4-27-21(25)18(22(26)28-5-2)17(20(24)16-11-8-12-29-16)19-13(3)14-9-6-7-10-15(14)23-19/h6-12,17-18,23H,4-5H2,1-3H3. The van der Waals surface area contributed by atoms with E-state index < -0.39 is 29.6 Å². The van der Waals surface area contributed by atoms with Gasteiger partial charge in [-0.15, -0.1) is 0 Å². The zero-order valence-electron chi connectivity index (χ0n) is 16.6. The Bertz CT molecular complexity index is 999. The van der Waals surface area contributed by atoms with Crippen LogP contribution in [0.1, 0.15) is 41.6 Å². The molecule has 0 fully saturated rings. The Labute approximate surface area is 168 Å². The number of furan rings is 1. The molecule has 3 rings (SSSR count). The molecule has 7 nitrogen and oxygen atoms in total. The van der Waals surface area contributed by atoms with Crippen molar-refractivity contribution in [3.8, 4) is 0 Å². The number of aromatic nitrogens is 1. The molecular weight excluding hydrogens is 374 g/mol. The van der Waals surface area contributed by atoms with Crippen LogP contribution in [-0.4, -0.2) is 35.9 Å². The highest BCUT2D eigenvalue weighted by Crippen LogP contribution is 2.35. The van der Waals surface area contributed by atoms with Crippen LogP contribution < -0.4 is 0 Å². The lowest BCUT2D eigenvalue weighted by Crippen LogP contribution is -2.37. The lowest BCUT2D eigenvalue weighted by Gasteiger charge is -2.22. The molecule has 0 aliphatic carbocycles. The number of aromatic amines is 1. The van der Waals surface area contributed by atoms with Crippen molar-refractivity contribution in [1.82, 2.24) is 4.98 Å². The van der Waals surface area contributed by atoms with E-state index in [2.05, 4.69) is 4.98 Å². The number of nitrogens with one attached hydrogen (secondary N) is 1. The molecule has 1 aromatic carbocycles. The smallest absolute Gasteiger partial charge is 0.321 e. The third-order valence-corrected chi connectivity index (χ3v) is 4.78. The molecule has 3 aromatic rings. The Balaban J connectivity index is 2.19. The molecule has 1 unspecified atom stereocenters. The molecule has 1 atom stereocenters. The number of esters is 2. The van der Waals surface area contributed by atoms with Crippen LogP contribution in [0.4, 0.5) is 0 Å². The predicted octanol–water partition coefficient (Wildman–Crippen LogP) is 3.78. The van der Waals surface area contributed by atoms with Crippen LogP contribution in [0.3, 0.4) is 0 Å². The molecule has 2 aromatic heterocycles. The molecule has 0 aliphatic rings. The number of para-hydroxylation sites is 1. The summed E-state index contributed by atoms with van der Waals surface area (Å²) in [6.07, 6.45) is 1.37. The summed E-state index contributed by atoms with van der Waals surface area (Å²) in [5, 5.41) is 0.895. The summed E-state index contributed by atoms with van der Waals surface area (Å²) in [7, 11) is 0. The number of ether oxygens (including phenoxy) is 2. The van der Waals surface area contributed by atoms with Gasteiger partial charge in [0.05, 0.1) is 25.4 Å². The van der Waals surface area contributed by atoms with E-state index in [9.17, 15) is 14.4 Å². The first-order chi connectivity index (χ1) is 14.0. The van der Waals surface area contributed by atoms with E-state index in [1.54, 1.807) is 19.9 Å². The lowest BCUT2D eigenvalue weighted by atomic mass is 9.83. The summed E-state index contributed by atoms with van der Waals surface area (Å²) in [4.78, 5) is 42.1. The molecule has 0 aliphatic heterocycles. The van der Waals surface area contributed by atoms with Gasteiger partial charge in [0, 0.05) is 16.6 Å². The molecule has 1 N–H and O–H groups in total. The van der Waals surface area contributed by atoms with Gasteiger partial charge >= 0.3 is 11.9 Å². The van der Waals surface area contributed by atoms with Gasteiger partial charge in [-0.25, -0.2) is 0 Å². The Morgan fingerprint density at radius 1 is 1.00 bits per heavy atom. The highest BCUT2D eigenvalue weighted by molar-refractivity contribution is 6.08. The second kappa shape index (κ2) is 8.77. The average Bonchev–Trinajstić information content (AvgIpc) is 3.35. The highest BCUT2D eigenvalue weighted by atomic mass is 16.6. The van der Waals surface area contributed by atoms with E-state index in [0.717, 1.165) is 16.5 Å². The number of carbonyl (C=O) groups is 3. The van der Waals surface area contributed by atoms with Crippen LogP contribution in [-0.2, 0) is 19.1 Å². The molecule has 0 radical (unpaired) electrons. The second-order valence-corrected chi connectivity index (χ2v) is 6.51. The minimum atomic E-state index is -1.46. The molecule has 0 bridgehead atoms. The normalized spacial score (nSPS) is 12.1.